The number of benzene rings is 1. The molecular weight excluding hydrogens is 304 g/mol. The SMILES string of the molecule is COc1ccc(/C=C/C=C(/C(=O)OC(C)(C)C)[Si](C)(C)C)cc1. The molecule has 1 aromatic rings. The van der Waals surface area contributed by atoms with Gasteiger partial charge in [-0.15, -0.1) is 0 Å². The van der Waals surface area contributed by atoms with Gasteiger partial charge in [0.05, 0.1) is 15.2 Å². The number of carbonyl (C=O) groups excluding carboxylic acids is 1. The highest BCUT2D eigenvalue weighted by atomic mass is 28.3. The summed E-state index contributed by atoms with van der Waals surface area (Å²) in [6.45, 7) is 12.1. The summed E-state index contributed by atoms with van der Waals surface area (Å²) in [5.41, 5.74) is 0.580. The summed E-state index contributed by atoms with van der Waals surface area (Å²) in [4.78, 5) is 12.4. The zero-order valence-electron chi connectivity index (χ0n) is 15.3. The minimum Gasteiger partial charge on any atom is -0.497 e. The molecule has 0 unspecified atom stereocenters. The van der Waals surface area contributed by atoms with Gasteiger partial charge in [-0.05, 0) is 38.5 Å². The molecule has 0 atom stereocenters. The Bertz CT molecular complexity index is 585. The molecule has 126 valence electrons. The first-order chi connectivity index (χ1) is 10.5. The second-order valence-electron chi connectivity index (χ2n) is 7.46. The third kappa shape index (κ3) is 6.87. The van der Waals surface area contributed by atoms with E-state index >= 15 is 0 Å². The number of rotatable bonds is 5. The van der Waals surface area contributed by atoms with Crippen LogP contribution in [0.5, 0.6) is 5.75 Å². The smallest absolute Gasteiger partial charge is 0.330 e. The van der Waals surface area contributed by atoms with Crippen molar-refractivity contribution in [3.05, 3.63) is 47.2 Å². The fourth-order valence-corrected chi connectivity index (χ4v) is 3.19. The molecule has 4 heteroatoms. The standard InChI is InChI=1S/C19H28O3Si/c1-19(2,3)22-18(20)17(23(5,6)7)10-8-9-15-11-13-16(21-4)14-12-15/h8-14H,1-7H3/b9-8+,17-10-. The van der Waals surface area contributed by atoms with Crippen LogP contribution >= 0.6 is 0 Å². The van der Waals surface area contributed by atoms with Crippen LogP contribution in [0, 0.1) is 0 Å². The summed E-state index contributed by atoms with van der Waals surface area (Å²) in [5.74, 6) is 0.616. The average molecular weight is 333 g/mol. The molecule has 0 aliphatic heterocycles. The van der Waals surface area contributed by atoms with Crippen molar-refractivity contribution < 1.29 is 14.3 Å². The maximum Gasteiger partial charge on any atom is 0.330 e. The Morgan fingerprint density at radius 1 is 1.09 bits per heavy atom. The van der Waals surface area contributed by atoms with Crippen LogP contribution in [-0.2, 0) is 9.53 Å². The topological polar surface area (TPSA) is 35.5 Å². The van der Waals surface area contributed by atoms with Crippen molar-refractivity contribution in [1.29, 1.82) is 0 Å². The van der Waals surface area contributed by atoms with Crippen molar-refractivity contribution >= 4 is 20.1 Å². The van der Waals surface area contributed by atoms with Gasteiger partial charge >= 0.3 is 5.97 Å². The van der Waals surface area contributed by atoms with Crippen molar-refractivity contribution in [1.82, 2.24) is 0 Å². The van der Waals surface area contributed by atoms with E-state index in [0.717, 1.165) is 16.5 Å². The maximum atomic E-state index is 12.4. The quantitative estimate of drug-likeness (QED) is 0.334. The van der Waals surface area contributed by atoms with Crippen LogP contribution in [0.4, 0.5) is 0 Å². The lowest BCUT2D eigenvalue weighted by Crippen LogP contribution is -2.34. The monoisotopic (exact) mass is 332 g/mol. The Kier molecular flexibility index (Phi) is 6.39. The van der Waals surface area contributed by atoms with E-state index in [1.807, 2.05) is 63.3 Å². The minimum absolute atomic E-state index is 0.212. The lowest BCUT2D eigenvalue weighted by molar-refractivity contribution is -0.149. The molecule has 3 nitrogen and oxygen atoms in total. The third-order valence-corrected chi connectivity index (χ3v) is 5.08. The van der Waals surface area contributed by atoms with Crippen LogP contribution in [0.15, 0.2) is 41.6 Å². The molecule has 1 rings (SSSR count). The Morgan fingerprint density at radius 2 is 1.65 bits per heavy atom. The highest BCUT2D eigenvalue weighted by Gasteiger charge is 2.29. The number of hydrogen-bond acceptors (Lipinski definition) is 3. The molecule has 23 heavy (non-hydrogen) atoms. The van der Waals surface area contributed by atoms with Gasteiger partial charge in [0.1, 0.15) is 11.4 Å². The van der Waals surface area contributed by atoms with Crippen molar-refractivity contribution in [2.75, 3.05) is 7.11 Å². The fraction of sp³-hybridized carbons (Fsp3) is 0.421. The first-order valence-electron chi connectivity index (χ1n) is 7.79. The van der Waals surface area contributed by atoms with Gasteiger partial charge in [0.25, 0.3) is 0 Å². The molecule has 0 aliphatic carbocycles. The molecular formula is C19H28O3Si. The molecule has 0 amide bonds. The summed E-state index contributed by atoms with van der Waals surface area (Å²) in [6.07, 6.45) is 5.79. The normalized spacial score (nSPS) is 13.3. The van der Waals surface area contributed by atoms with Crippen molar-refractivity contribution in [3.8, 4) is 5.75 Å². The lowest BCUT2D eigenvalue weighted by atomic mass is 10.2. The first kappa shape index (κ1) is 19.2. The molecule has 0 heterocycles. The lowest BCUT2D eigenvalue weighted by Gasteiger charge is -2.25. The highest BCUT2D eigenvalue weighted by Crippen LogP contribution is 2.20. The van der Waals surface area contributed by atoms with E-state index in [2.05, 4.69) is 19.6 Å². The van der Waals surface area contributed by atoms with Gasteiger partial charge in [-0.3, -0.25) is 0 Å². The summed E-state index contributed by atoms with van der Waals surface area (Å²) < 4.78 is 10.7. The van der Waals surface area contributed by atoms with Gasteiger partial charge in [-0.2, -0.15) is 0 Å². The highest BCUT2D eigenvalue weighted by molar-refractivity contribution is 6.87. The predicted molar refractivity (Wildman–Crippen MR) is 99.3 cm³/mol. The van der Waals surface area contributed by atoms with E-state index in [-0.39, 0.29) is 5.97 Å². The first-order valence-corrected chi connectivity index (χ1v) is 11.3. The predicted octanol–water partition coefficient (Wildman–Crippen LogP) is 4.85. The van der Waals surface area contributed by atoms with Crippen molar-refractivity contribution in [3.63, 3.8) is 0 Å². The Labute approximate surface area is 141 Å². The molecule has 0 bridgehead atoms. The Balaban J connectivity index is 2.96. The molecule has 0 aromatic heterocycles. The molecule has 0 radical (unpaired) electrons. The van der Waals surface area contributed by atoms with Gasteiger partial charge in [-0.25, -0.2) is 4.79 Å². The summed E-state index contributed by atoms with van der Waals surface area (Å²) in [7, 11) is -0.140. The fourth-order valence-electron chi connectivity index (χ4n) is 1.93. The zero-order valence-corrected chi connectivity index (χ0v) is 16.3. The molecule has 0 spiro atoms. The van der Waals surface area contributed by atoms with Gasteiger partial charge in [0.15, 0.2) is 0 Å². The minimum atomic E-state index is -1.79. The summed E-state index contributed by atoms with van der Waals surface area (Å²) >= 11 is 0. The second-order valence-corrected chi connectivity index (χ2v) is 12.5. The van der Waals surface area contributed by atoms with Crippen LogP contribution in [0.1, 0.15) is 26.3 Å². The molecule has 0 aliphatic rings. The molecule has 0 N–H and O–H groups in total. The Morgan fingerprint density at radius 3 is 2.09 bits per heavy atom. The Hall–Kier alpha value is -1.81. The number of allylic oxidation sites excluding steroid dienone is 2. The molecule has 0 fully saturated rings. The number of esters is 1. The van der Waals surface area contributed by atoms with E-state index in [0.29, 0.717) is 0 Å². The van der Waals surface area contributed by atoms with Crippen LogP contribution < -0.4 is 4.74 Å². The van der Waals surface area contributed by atoms with E-state index in [1.165, 1.54) is 0 Å². The van der Waals surface area contributed by atoms with Crippen LogP contribution in [0.3, 0.4) is 0 Å². The van der Waals surface area contributed by atoms with E-state index < -0.39 is 13.7 Å². The number of hydrogen-bond donors (Lipinski definition) is 0. The van der Waals surface area contributed by atoms with Gasteiger partial charge in [0.2, 0.25) is 0 Å². The van der Waals surface area contributed by atoms with Crippen LogP contribution in [0.25, 0.3) is 6.08 Å². The van der Waals surface area contributed by atoms with Gasteiger partial charge < -0.3 is 9.47 Å². The third-order valence-electron chi connectivity index (χ3n) is 3.09. The zero-order chi connectivity index (χ0) is 17.7. The summed E-state index contributed by atoms with van der Waals surface area (Å²) in [6, 6.07) is 7.78. The number of carbonyl (C=O) groups is 1. The molecule has 1 aromatic carbocycles. The molecule has 0 saturated heterocycles. The van der Waals surface area contributed by atoms with E-state index in [1.54, 1.807) is 7.11 Å². The van der Waals surface area contributed by atoms with Crippen LogP contribution in [-0.4, -0.2) is 26.8 Å². The largest absolute Gasteiger partial charge is 0.497 e. The number of ether oxygens (including phenoxy) is 2. The molecule has 0 saturated carbocycles. The average Bonchev–Trinajstić information content (AvgIpc) is 2.40. The summed E-state index contributed by atoms with van der Waals surface area (Å²) in [5, 5.41) is 0.789. The number of methoxy groups -OCH3 is 1. The second kappa shape index (κ2) is 7.64. The van der Waals surface area contributed by atoms with E-state index in [9.17, 15) is 4.79 Å². The van der Waals surface area contributed by atoms with Gasteiger partial charge in [0, 0.05) is 5.20 Å². The maximum absolute atomic E-state index is 12.4. The van der Waals surface area contributed by atoms with Crippen molar-refractivity contribution in [2.24, 2.45) is 0 Å². The van der Waals surface area contributed by atoms with Gasteiger partial charge in [-0.1, -0.05) is 50.0 Å². The van der Waals surface area contributed by atoms with E-state index in [4.69, 9.17) is 9.47 Å². The van der Waals surface area contributed by atoms with Crippen molar-refractivity contribution in [2.45, 2.75) is 46.0 Å². The van der Waals surface area contributed by atoms with Crippen LogP contribution in [0.2, 0.25) is 19.6 Å².